The molecule has 0 fully saturated rings. The van der Waals surface area contributed by atoms with E-state index in [4.69, 9.17) is 4.74 Å². The lowest BCUT2D eigenvalue weighted by atomic mass is 10.0. The average Bonchev–Trinajstić information content (AvgIpc) is 2.76. The van der Waals surface area contributed by atoms with E-state index in [0.29, 0.717) is 19.3 Å². The number of alkyl carbamates (subject to hydrolysis) is 1. The van der Waals surface area contributed by atoms with E-state index < -0.39 is 17.2 Å². The predicted molar refractivity (Wildman–Crippen MR) is 66.3 cm³/mol. The predicted octanol–water partition coefficient (Wildman–Crippen LogP) is 0.545. The fourth-order valence-electron chi connectivity index (χ4n) is 1.32. The first kappa shape index (κ1) is 15.1. The number of amides is 1. The van der Waals surface area contributed by atoms with E-state index in [1.807, 2.05) is 0 Å². The lowest BCUT2D eigenvalue weighted by Gasteiger charge is -2.27. The molecule has 1 unspecified atom stereocenters. The number of nitrogens with zero attached hydrogens (tertiary/aromatic N) is 4. The quantitative estimate of drug-likeness (QED) is 0.783. The molecule has 0 aliphatic carbocycles. The second kappa shape index (κ2) is 5.77. The van der Waals surface area contributed by atoms with Crippen LogP contribution >= 0.6 is 0 Å². The third kappa shape index (κ3) is 5.45. The Labute approximate surface area is 111 Å². The lowest BCUT2D eigenvalue weighted by molar-refractivity contribution is -0.113. The van der Waals surface area contributed by atoms with Crippen molar-refractivity contribution in [2.24, 2.45) is 0 Å². The molecule has 1 heterocycles. The summed E-state index contributed by atoms with van der Waals surface area (Å²) in [4.78, 5) is 22.8. The zero-order valence-electron chi connectivity index (χ0n) is 11.6. The molecule has 0 aliphatic heterocycles. The maximum Gasteiger partial charge on any atom is 0.408 e. The van der Waals surface area contributed by atoms with Crippen LogP contribution in [0.1, 0.15) is 34.1 Å². The molecule has 8 nitrogen and oxygen atoms in total. The molecule has 106 valence electrons. The fraction of sp³-hybridized carbons (Fsp3) is 0.727. The van der Waals surface area contributed by atoms with Gasteiger partial charge in [-0.2, -0.15) is 0 Å². The Bertz CT molecular complexity index is 426. The number of rotatable bonds is 5. The molecular formula is C11H19N5O3. The van der Waals surface area contributed by atoms with Crippen LogP contribution < -0.4 is 5.32 Å². The Morgan fingerprint density at radius 1 is 1.42 bits per heavy atom. The van der Waals surface area contributed by atoms with E-state index in [1.165, 1.54) is 11.0 Å². The van der Waals surface area contributed by atoms with Crippen LogP contribution in [-0.4, -0.2) is 43.7 Å². The van der Waals surface area contributed by atoms with Crippen LogP contribution in [0.5, 0.6) is 0 Å². The molecule has 1 N–H and O–H groups in total. The Balaban J connectivity index is 2.54. The minimum Gasteiger partial charge on any atom is -0.444 e. The van der Waals surface area contributed by atoms with Crippen LogP contribution in [0.25, 0.3) is 0 Å². The Morgan fingerprint density at radius 2 is 2.11 bits per heavy atom. The van der Waals surface area contributed by atoms with Crippen molar-refractivity contribution in [3.63, 3.8) is 0 Å². The summed E-state index contributed by atoms with van der Waals surface area (Å²) >= 11 is 0. The van der Waals surface area contributed by atoms with Gasteiger partial charge in [-0.1, -0.05) is 0 Å². The molecule has 8 heteroatoms. The van der Waals surface area contributed by atoms with Crippen molar-refractivity contribution < 1.29 is 14.3 Å². The van der Waals surface area contributed by atoms with Gasteiger partial charge in [-0.05, 0) is 44.5 Å². The average molecular weight is 269 g/mol. The standard InChI is InChI=1S/C11H19N5O3/c1-10(2,3)19-9(18)13-11(4,7-17)5-6-16-8-12-14-15-16/h7-8H,5-6H2,1-4H3,(H,13,18). The monoisotopic (exact) mass is 269 g/mol. The van der Waals surface area contributed by atoms with Gasteiger partial charge in [0, 0.05) is 6.54 Å². The summed E-state index contributed by atoms with van der Waals surface area (Å²) in [5.41, 5.74) is -1.63. The number of carbonyl (C=O) groups is 2. The number of ether oxygens (including phenoxy) is 1. The molecule has 0 aromatic carbocycles. The zero-order valence-corrected chi connectivity index (χ0v) is 11.6. The molecule has 0 saturated carbocycles. The summed E-state index contributed by atoms with van der Waals surface area (Å²) in [6.07, 6.45) is 1.86. The molecule has 19 heavy (non-hydrogen) atoms. The Morgan fingerprint density at radius 3 is 2.58 bits per heavy atom. The first-order valence-corrected chi connectivity index (χ1v) is 5.92. The van der Waals surface area contributed by atoms with Crippen molar-refractivity contribution >= 4 is 12.4 Å². The minimum absolute atomic E-state index is 0.362. The first-order chi connectivity index (χ1) is 8.74. The van der Waals surface area contributed by atoms with Crippen molar-refractivity contribution in [1.29, 1.82) is 0 Å². The number of aldehydes is 1. The van der Waals surface area contributed by atoms with Crippen molar-refractivity contribution in [1.82, 2.24) is 25.5 Å². The van der Waals surface area contributed by atoms with Gasteiger partial charge < -0.3 is 14.8 Å². The van der Waals surface area contributed by atoms with Crippen LogP contribution in [0, 0.1) is 0 Å². The number of hydrogen-bond acceptors (Lipinski definition) is 6. The highest BCUT2D eigenvalue weighted by atomic mass is 16.6. The third-order valence-corrected chi connectivity index (χ3v) is 2.30. The van der Waals surface area contributed by atoms with Gasteiger partial charge in [0.2, 0.25) is 0 Å². The Kier molecular flexibility index (Phi) is 4.57. The van der Waals surface area contributed by atoms with Crippen LogP contribution in [0.15, 0.2) is 6.33 Å². The highest BCUT2D eigenvalue weighted by molar-refractivity contribution is 5.76. The SMILES string of the molecule is CC(C=O)(CCn1cnnn1)NC(=O)OC(C)(C)C. The summed E-state index contributed by atoms with van der Waals surface area (Å²) < 4.78 is 6.60. The van der Waals surface area contributed by atoms with Crippen molar-refractivity contribution in [3.8, 4) is 0 Å². The molecule has 1 amide bonds. The maximum atomic E-state index is 11.7. The van der Waals surface area contributed by atoms with Gasteiger partial charge in [-0.25, -0.2) is 9.48 Å². The van der Waals surface area contributed by atoms with E-state index >= 15 is 0 Å². The largest absolute Gasteiger partial charge is 0.444 e. The van der Waals surface area contributed by atoms with Gasteiger partial charge in [-0.15, -0.1) is 5.10 Å². The topological polar surface area (TPSA) is 99.0 Å². The van der Waals surface area contributed by atoms with E-state index in [0.717, 1.165) is 0 Å². The molecule has 1 atom stereocenters. The van der Waals surface area contributed by atoms with Gasteiger partial charge in [0.15, 0.2) is 0 Å². The number of nitrogens with one attached hydrogen (secondary N) is 1. The van der Waals surface area contributed by atoms with Gasteiger partial charge in [0.05, 0.1) is 5.54 Å². The summed E-state index contributed by atoms with van der Waals surface area (Å²) in [7, 11) is 0. The van der Waals surface area contributed by atoms with Gasteiger partial charge >= 0.3 is 6.09 Å². The fourth-order valence-corrected chi connectivity index (χ4v) is 1.32. The number of tetrazole rings is 1. The van der Waals surface area contributed by atoms with E-state index in [9.17, 15) is 9.59 Å². The van der Waals surface area contributed by atoms with E-state index in [1.54, 1.807) is 27.7 Å². The molecule has 1 aromatic rings. The molecule has 1 aromatic heterocycles. The molecule has 0 spiro atoms. The normalized spacial score (nSPS) is 14.5. The van der Waals surface area contributed by atoms with Crippen LogP contribution in [0.4, 0.5) is 4.79 Å². The number of aromatic nitrogens is 4. The van der Waals surface area contributed by atoms with Crippen LogP contribution in [-0.2, 0) is 16.1 Å². The summed E-state index contributed by atoms with van der Waals surface area (Å²) in [6.45, 7) is 7.30. The van der Waals surface area contributed by atoms with Gasteiger partial charge in [-0.3, -0.25) is 0 Å². The highest BCUT2D eigenvalue weighted by Gasteiger charge is 2.28. The van der Waals surface area contributed by atoms with Gasteiger partial charge in [0.25, 0.3) is 0 Å². The molecule has 0 bridgehead atoms. The smallest absolute Gasteiger partial charge is 0.408 e. The molecule has 1 rings (SSSR count). The van der Waals surface area contributed by atoms with Gasteiger partial charge in [0.1, 0.15) is 18.2 Å². The molecular weight excluding hydrogens is 250 g/mol. The third-order valence-electron chi connectivity index (χ3n) is 2.30. The maximum absolute atomic E-state index is 11.7. The molecule has 0 saturated heterocycles. The van der Waals surface area contributed by atoms with Crippen molar-refractivity contribution in [2.45, 2.75) is 51.8 Å². The number of hydrogen-bond donors (Lipinski definition) is 1. The number of carbonyl (C=O) groups excluding carboxylic acids is 2. The van der Waals surface area contributed by atoms with Crippen LogP contribution in [0.2, 0.25) is 0 Å². The lowest BCUT2D eigenvalue weighted by Crippen LogP contribution is -2.49. The van der Waals surface area contributed by atoms with Crippen molar-refractivity contribution in [3.05, 3.63) is 6.33 Å². The summed E-state index contributed by atoms with van der Waals surface area (Å²) in [6, 6.07) is 0. The van der Waals surface area contributed by atoms with E-state index in [2.05, 4.69) is 20.8 Å². The first-order valence-electron chi connectivity index (χ1n) is 5.92. The van der Waals surface area contributed by atoms with E-state index in [-0.39, 0.29) is 0 Å². The zero-order chi connectivity index (χ0) is 14.5. The second-order valence-corrected chi connectivity index (χ2v) is 5.49. The van der Waals surface area contributed by atoms with Crippen molar-refractivity contribution in [2.75, 3.05) is 0 Å². The summed E-state index contributed by atoms with van der Waals surface area (Å²) in [5, 5.41) is 13.2. The Hall–Kier alpha value is -1.99. The summed E-state index contributed by atoms with van der Waals surface area (Å²) in [5.74, 6) is 0. The highest BCUT2D eigenvalue weighted by Crippen LogP contribution is 2.11. The molecule has 0 radical (unpaired) electrons. The minimum atomic E-state index is -1.02. The second-order valence-electron chi connectivity index (χ2n) is 5.49. The molecule has 0 aliphatic rings. The van der Waals surface area contributed by atoms with Crippen LogP contribution in [0.3, 0.4) is 0 Å². The number of aryl methyl sites for hydroxylation is 1.